The zero-order chi connectivity index (χ0) is 16.7. The number of halogens is 1. The molecule has 2 N–H and O–H groups in total. The van der Waals surface area contributed by atoms with E-state index in [1.54, 1.807) is 0 Å². The number of hydrogen-bond donors (Lipinski definition) is 2. The molecule has 1 aromatic carbocycles. The third-order valence-electron chi connectivity index (χ3n) is 3.94. The fraction of sp³-hybridized carbons (Fsp3) is 0.529. The molecule has 2 amide bonds. The first-order valence-electron chi connectivity index (χ1n) is 7.93. The maximum atomic E-state index is 13.6. The number of nitrogens with one attached hydrogen (secondary N) is 2. The Morgan fingerprint density at radius 2 is 2.39 bits per heavy atom. The van der Waals surface area contributed by atoms with E-state index in [2.05, 4.69) is 10.6 Å². The van der Waals surface area contributed by atoms with Crippen LogP contribution in [0.1, 0.15) is 43.7 Å². The highest BCUT2D eigenvalue weighted by atomic mass is 19.1. The molecule has 6 heteroatoms. The number of amides is 2. The molecule has 23 heavy (non-hydrogen) atoms. The molecular weight excluding hydrogens is 297 g/mol. The summed E-state index contributed by atoms with van der Waals surface area (Å²) in [6.45, 7) is 2.82. The Kier molecular flexibility index (Phi) is 6.36. The van der Waals surface area contributed by atoms with E-state index < -0.39 is 5.82 Å². The second-order valence-corrected chi connectivity index (χ2v) is 5.86. The molecule has 1 aliphatic heterocycles. The van der Waals surface area contributed by atoms with Crippen LogP contribution in [0.5, 0.6) is 0 Å². The van der Waals surface area contributed by atoms with Gasteiger partial charge < -0.3 is 15.4 Å². The number of nitriles is 1. The number of carbonyl (C=O) groups is 1. The summed E-state index contributed by atoms with van der Waals surface area (Å²) in [5.74, 6) is -0.435. The summed E-state index contributed by atoms with van der Waals surface area (Å²) in [4.78, 5) is 11.8. The lowest BCUT2D eigenvalue weighted by Gasteiger charge is -2.17. The first kappa shape index (κ1) is 17.2. The lowest BCUT2D eigenvalue weighted by atomic mass is 10.1. The van der Waals surface area contributed by atoms with E-state index in [0.29, 0.717) is 17.2 Å². The molecule has 2 rings (SSSR count). The van der Waals surface area contributed by atoms with Gasteiger partial charge in [0, 0.05) is 24.8 Å². The highest BCUT2D eigenvalue weighted by Crippen LogP contribution is 2.17. The Bertz CT molecular complexity index is 580. The standard InChI is InChI=1S/C17H22FN3O2/c1-12(4-6-15-3-2-8-23-15)21-17(22)20-11-14-9-13(10-19)5-7-16(14)18/h5,7,9,12,15H,2-4,6,8,11H2,1H3,(H2,20,21,22)/t12-,15-/m1/s1. The summed E-state index contributed by atoms with van der Waals surface area (Å²) in [5, 5.41) is 14.3. The van der Waals surface area contributed by atoms with Gasteiger partial charge in [0.25, 0.3) is 0 Å². The van der Waals surface area contributed by atoms with Crippen molar-refractivity contribution in [2.24, 2.45) is 0 Å². The highest BCUT2D eigenvalue weighted by molar-refractivity contribution is 5.74. The normalized spacial score (nSPS) is 18.2. The predicted molar refractivity (Wildman–Crippen MR) is 84.2 cm³/mol. The second-order valence-electron chi connectivity index (χ2n) is 5.86. The predicted octanol–water partition coefficient (Wildman–Crippen LogP) is 2.84. The first-order chi connectivity index (χ1) is 11.1. The quantitative estimate of drug-likeness (QED) is 0.846. The Morgan fingerprint density at radius 3 is 3.09 bits per heavy atom. The molecule has 0 spiro atoms. The van der Waals surface area contributed by atoms with E-state index in [1.807, 2.05) is 13.0 Å². The fourth-order valence-corrected chi connectivity index (χ4v) is 2.61. The van der Waals surface area contributed by atoms with Crippen LogP contribution in [0.2, 0.25) is 0 Å². The van der Waals surface area contributed by atoms with E-state index in [-0.39, 0.29) is 18.6 Å². The van der Waals surface area contributed by atoms with Crippen molar-refractivity contribution < 1.29 is 13.9 Å². The van der Waals surface area contributed by atoms with E-state index in [0.717, 1.165) is 32.3 Å². The molecule has 124 valence electrons. The summed E-state index contributed by atoms with van der Waals surface area (Å²) < 4.78 is 19.2. The number of rotatable bonds is 6. The van der Waals surface area contributed by atoms with E-state index >= 15 is 0 Å². The van der Waals surface area contributed by atoms with Gasteiger partial charge in [0.05, 0.1) is 17.7 Å². The van der Waals surface area contributed by atoms with Gasteiger partial charge in [0.15, 0.2) is 0 Å². The number of hydrogen-bond acceptors (Lipinski definition) is 3. The van der Waals surface area contributed by atoms with Crippen LogP contribution in [-0.4, -0.2) is 24.8 Å². The zero-order valence-electron chi connectivity index (χ0n) is 13.3. The SMILES string of the molecule is C[C@H](CC[C@H]1CCCO1)NC(=O)NCc1cc(C#N)ccc1F. The summed E-state index contributed by atoms with van der Waals surface area (Å²) >= 11 is 0. The van der Waals surface area contributed by atoms with Crippen molar-refractivity contribution in [3.63, 3.8) is 0 Å². The largest absolute Gasteiger partial charge is 0.378 e. The topological polar surface area (TPSA) is 74.2 Å². The lowest BCUT2D eigenvalue weighted by molar-refractivity contribution is 0.100. The van der Waals surface area contributed by atoms with Crippen LogP contribution in [0.25, 0.3) is 0 Å². The summed E-state index contributed by atoms with van der Waals surface area (Å²) in [6, 6.07) is 5.72. The summed E-state index contributed by atoms with van der Waals surface area (Å²) in [6.07, 6.45) is 4.29. The molecule has 5 nitrogen and oxygen atoms in total. The average molecular weight is 319 g/mol. The molecule has 0 saturated carbocycles. The van der Waals surface area contributed by atoms with Crippen LogP contribution in [-0.2, 0) is 11.3 Å². The Balaban J connectivity index is 1.73. The van der Waals surface area contributed by atoms with Crippen LogP contribution in [0.15, 0.2) is 18.2 Å². The minimum Gasteiger partial charge on any atom is -0.378 e. The van der Waals surface area contributed by atoms with Crippen molar-refractivity contribution >= 4 is 6.03 Å². The highest BCUT2D eigenvalue weighted by Gasteiger charge is 2.17. The molecule has 0 bridgehead atoms. The molecule has 0 aliphatic carbocycles. The van der Waals surface area contributed by atoms with Gasteiger partial charge in [0.1, 0.15) is 5.82 Å². The third-order valence-corrected chi connectivity index (χ3v) is 3.94. The third kappa shape index (κ3) is 5.53. The van der Waals surface area contributed by atoms with Gasteiger partial charge in [-0.1, -0.05) is 0 Å². The van der Waals surface area contributed by atoms with Crippen LogP contribution < -0.4 is 10.6 Å². The first-order valence-corrected chi connectivity index (χ1v) is 7.93. The second kappa shape index (κ2) is 8.49. The van der Waals surface area contributed by atoms with Gasteiger partial charge in [-0.15, -0.1) is 0 Å². The van der Waals surface area contributed by atoms with Crippen molar-refractivity contribution in [3.05, 3.63) is 35.1 Å². The molecule has 1 aliphatic rings. The molecular formula is C17H22FN3O2. The Labute approximate surface area is 135 Å². The maximum absolute atomic E-state index is 13.6. The van der Waals surface area contributed by atoms with Gasteiger partial charge >= 0.3 is 6.03 Å². The van der Waals surface area contributed by atoms with Crippen molar-refractivity contribution in [1.29, 1.82) is 5.26 Å². The molecule has 1 saturated heterocycles. The average Bonchev–Trinajstić information content (AvgIpc) is 3.05. The summed E-state index contributed by atoms with van der Waals surface area (Å²) in [7, 11) is 0. The monoisotopic (exact) mass is 319 g/mol. The van der Waals surface area contributed by atoms with Gasteiger partial charge in [-0.3, -0.25) is 0 Å². The van der Waals surface area contributed by atoms with Crippen LogP contribution in [0.3, 0.4) is 0 Å². The number of carbonyl (C=O) groups excluding carboxylic acids is 1. The van der Waals surface area contributed by atoms with E-state index in [1.165, 1.54) is 18.2 Å². The molecule has 0 radical (unpaired) electrons. The Morgan fingerprint density at radius 1 is 1.57 bits per heavy atom. The van der Waals surface area contributed by atoms with Crippen molar-refractivity contribution in [2.75, 3.05) is 6.61 Å². The maximum Gasteiger partial charge on any atom is 0.315 e. The minimum absolute atomic E-state index is 0.0227. The van der Waals surface area contributed by atoms with E-state index in [4.69, 9.17) is 10.00 Å². The number of urea groups is 1. The lowest BCUT2D eigenvalue weighted by Crippen LogP contribution is -2.40. The summed E-state index contributed by atoms with van der Waals surface area (Å²) in [5.41, 5.74) is 0.666. The smallest absolute Gasteiger partial charge is 0.315 e. The van der Waals surface area contributed by atoms with Crippen LogP contribution in [0, 0.1) is 17.1 Å². The molecule has 2 atom stereocenters. The molecule has 1 fully saturated rings. The van der Waals surface area contributed by atoms with Gasteiger partial charge in [-0.05, 0) is 50.8 Å². The number of nitrogens with zero attached hydrogens (tertiary/aromatic N) is 1. The number of benzene rings is 1. The van der Waals surface area contributed by atoms with Gasteiger partial charge in [-0.2, -0.15) is 5.26 Å². The van der Waals surface area contributed by atoms with Crippen LogP contribution >= 0.6 is 0 Å². The van der Waals surface area contributed by atoms with Crippen molar-refractivity contribution in [1.82, 2.24) is 10.6 Å². The number of ether oxygens (including phenoxy) is 1. The zero-order valence-corrected chi connectivity index (χ0v) is 13.3. The molecule has 1 heterocycles. The Hall–Kier alpha value is -2.13. The van der Waals surface area contributed by atoms with Crippen LogP contribution in [0.4, 0.5) is 9.18 Å². The molecule has 1 aromatic rings. The van der Waals surface area contributed by atoms with Crippen molar-refractivity contribution in [3.8, 4) is 6.07 Å². The van der Waals surface area contributed by atoms with Gasteiger partial charge in [0.2, 0.25) is 0 Å². The molecule has 0 unspecified atom stereocenters. The van der Waals surface area contributed by atoms with Crippen molar-refractivity contribution in [2.45, 2.75) is 51.3 Å². The fourth-order valence-electron chi connectivity index (χ4n) is 2.61. The van der Waals surface area contributed by atoms with Gasteiger partial charge in [-0.25, -0.2) is 9.18 Å². The minimum atomic E-state index is -0.435. The van der Waals surface area contributed by atoms with E-state index in [9.17, 15) is 9.18 Å². The molecule has 0 aromatic heterocycles.